The molecule has 0 saturated heterocycles. The summed E-state index contributed by atoms with van der Waals surface area (Å²) in [6.45, 7) is 8.11. The number of hydrogen-bond donors (Lipinski definition) is 3. The van der Waals surface area contributed by atoms with E-state index in [0.29, 0.717) is 17.1 Å². The van der Waals surface area contributed by atoms with Gasteiger partial charge in [-0.3, -0.25) is 14.4 Å². The van der Waals surface area contributed by atoms with Crippen LogP contribution in [0.3, 0.4) is 0 Å². The summed E-state index contributed by atoms with van der Waals surface area (Å²) in [6, 6.07) is 19.7. The molecule has 2 amide bonds. The average Bonchev–Trinajstić information content (AvgIpc) is 3.10. The second-order valence-electron chi connectivity index (χ2n) is 12.3. The maximum Gasteiger partial charge on any atom is 0.325 e. The van der Waals surface area contributed by atoms with Gasteiger partial charge in [0.2, 0.25) is 5.91 Å². The monoisotopic (exact) mass is 666 g/mol. The molecule has 10 heteroatoms. The number of carboxylic acids is 1. The maximum atomic E-state index is 13.1. The minimum absolute atomic E-state index is 0.0143. The molecule has 2 atom stereocenters. The highest BCUT2D eigenvalue weighted by atomic mass is 16.5. The first kappa shape index (κ1) is 36.6. The summed E-state index contributed by atoms with van der Waals surface area (Å²) in [4.78, 5) is 46.7. The van der Waals surface area contributed by atoms with Crippen LogP contribution in [0.2, 0.25) is 0 Å². The molecule has 0 spiro atoms. The van der Waals surface area contributed by atoms with Crippen LogP contribution in [0.4, 0.5) is 0 Å². The number of ether oxygens (including phenoxy) is 2. The van der Waals surface area contributed by atoms with Crippen LogP contribution in [-0.4, -0.2) is 57.7 Å². The first-order chi connectivity index (χ1) is 23.6. The number of carbonyl (C=O) groups excluding carboxylic acids is 2. The molecule has 0 saturated carbocycles. The van der Waals surface area contributed by atoms with Gasteiger partial charge in [0.15, 0.2) is 5.82 Å². The highest BCUT2D eigenvalue weighted by Crippen LogP contribution is 2.24. The van der Waals surface area contributed by atoms with Crippen LogP contribution in [-0.2, 0) is 16.0 Å². The lowest BCUT2D eigenvalue weighted by Crippen LogP contribution is -2.51. The molecule has 0 aliphatic heterocycles. The molecule has 0 radical (unpaired) electrons. The van der Waals surface area contributed by atoms with Gasteiger partial charge in [0.1, 0.15) is 23.6 Å². The Hall–Kier alpha value is -5.25. The number of rotatable bonds is 18. The van der Waals surface area contributed by atoms with E-state index in [1.807, 2.05) is 62.4 Å². The molecule has 0 bridgehead atoms. The normalized spacial score (nSPS) is 12.2. The van der Waals surface area contributed by atoms with Crippen molar-refractivity contribution in [1.82, 2.24) is 20.6 Å². The molecule has 4 aromatic rings. The molecule has 0 aliphatic carbocycles. The molecule has 0 aliphatic rings. The zero-order valence-corrected chi connectivity index (χ0v) is 28.6. The summed E-state index contributed by atoms with van der Waals surface area (Å²) < 4.78 is 11.5. The lowest BCUT2D eigenvalue weighted by molar-refractivity contribution is -0.141. The van der Waals surface area contributed by atoms with Gasteiger partial charge in [-0.2, -0.15) is 0 Å². The Morgan fingerprint density at radius 1 is 0.735 bits per heavy atom. The number of nitrogens with one attached hydrogen (secondary N) is 2. The molecular formula is C39H46N4O6. The quantitative estimate of drug-likeness (QED) is 0.0977. The van der Waals surface area contributed by atoms with Gasteiger partial charge in [-0.05, 0) is 74.7 Å². The van der Waals surface area contributed by atoms with Gasteiger partial charge in [0, 0.05) is 35.5 Å². The molecule has 2 unspecified atom stereocenters. The van der Waals surface area contributed by atoms with Gasteiger partial charge in [0.25, 0.3) is 5.91 Å². The van der Waals surface area contributed by atoms with Crippen molar-refractivity contribution in [3.63, 3.8) is 0 Å². The summed E-state index contributed by atoms with van der Waals surface area (Å²) in [5, 5.41) is 14.5. The summed E-state index contributed by atoms with van der Waals surface area (Å²) in [5.74, 6) is -0.237. The number of carbonyl (C=O) groups is 3. The van der Waals surface area contributed by atoms with E-state index in [2.05, 4.69) is 27.5 Å². The van der Waals surface area contributed by atoms with Crippen molar-refractivity contribution in [3.8, 4) is 34.0 Å². The Morgan fingerprint density at radius 3 is 1.96 bits per heavy atom. The fraction of sp³-hybridized carbons (Fsp3) is 0.359. The Kier molecular flexibility index (Phi) is 13.7. The van der Waals surface area contributed by atoms with E-state index < -0.39 is 29.9 Å². The van der Waals surface area contributed by atoms with E-state index in [1.165, 1.54) is 32.6 Å². The number of aromatic nitrogens is 2. The van der Waals surface area contributed by atoms with Crippen LogP contribution in [0, 0.1) is 0 Å². The van der Waals surface area contributed by atoms with Crippen LogP contribution >= 0.6 is 0 Å². The summed E-state index contributed by atoms with van der Waals surface area (Å²) in [6.07, 6.45) is 9.67. The Bertz CT molecular complexity index is 1640. The van der Waals surface area contributed by atoms with E-state index in [9.17, 15) is 19.5 Å². The fourth-order valence-electron chi connectivity index (χ4n) is 5.07. The van der Waals surface area contributed by atoms with Crippen molar-refractivity contribution in [1.29, 1.82) is 0 Å². The average molecular weight is 667 g/mol. The molecule has 0 fully saturated rings. The van der Waals surface area contributed by atoms with Crippen LogP contribution in [0.1, 0.15) is 75.7 Å². The predicted octanol–water partition coefficient (Wildman–Crippen LogP) is 6.88. The molecule has 1 heterocycles. The maximum absolute atomic E-state index is 13.1. The lowest BCUT2D eigenvalue weighted by Gasteiger charge is -2.20. The summed E-state index contributed by atoms with van der Waals surface area (Å²) in [5.41, 5.74) is 3.75. The first-order valence-corrected chi connectivity index (χ1v) is 16.9. The molecule has 3 aromatic carbocycles. The number of carboxylic acid groups (broad SMARTS) is 1. The summed E-state index contributed by atoms with van der Waals surface area (Å²) in [7, 11) is 0. The van der Waals surface area contributed by atoms with Crippen molar-refractivity contribution < 1.29 is 29.0 Å². The standard InChI is InChI=1S/C39H46N4O6/c1-5-6-7-8-9-22-48-33-18-14-29(15-19-33)32-24-40-36(41-25-32)30-12-10-28(11-13-30)23-35(38(45)42-27(4)39(46)47)43-37(44)31-16-20-34(21-17-31)49-26(2)3/h10-21,24-27,35H,5-9,22-23H2,1-4H3,(H,42,45)(H,43,44)(H,46,47). The van der Waals surface area contributed by atoms with E-state index in [-0.39, 0.29) is 12.5 Å². The Labute approximate surface area is 288 Å². The second-order valence-corrected chi connectivity index (χ2v) is 12.3. The SMILES string of the molecule is CCCCCCCOc1ccc(-c2cnc(-c3ccc(CC(NC(=O)c4ccc(OC(C)C)cc4)C(=O)NC(C)C(=O)O)cc3)nc2)cc1. The number of benzene rings is 3. The highest BCUT2D eigenvalue weighted by molar-refractivity contribution is 5.98. The van der Waals surface area contributed by atoms with Crippen LogP contribution < -0.4 is 20.1 Å². The highest BCUT2D eigenvalue weighted by Gasteiger charge is 2.25. The van der Waals surface area contributed by atoms with E-state index in [4.69, 9.17) is 9.47 Å². The minimum Gasteiger partial charge on any atom is -0.494 e. The number of unbranched alkanes of at least 4 members (excludes halogenated alkanes) is 4. The van der Waals surface area contributed by atoms with Crippen molar-refractivity contribution in [2.45, 2.75) is 84.4 Å². The van der Waals surface area contributed by atoms with Gasteiger partial charge in [-0.25, -0.2) is 9.97 Å². The van der Waals surface area contributed by atoms with Crippen molar-refractivity contribution in [2.75, 3.05) is 6.61 Å². The Balaban J connectivity index is 1.39. The smallest absolute Gasteiger partial charge is 0.325 e. The van der Waals surface area contributed by atoms with Gasteiger partial charge in [0.05, 0.1) is 12.7 Å². The van der Waals surface area contributed by atoms with Crippen molar-refractivity contribution in [3.05, 3.63) is 96.3 Å². The van der Waals surface area contributed by atoms with Crippen LogP contribution in [0.5, 0.6) is 11.5 Å². The van der Waals surface area contributed by atoms with E-state index >= 15 is 0 Å². The molecule has 3 N–H and O–H groups in total. The molecule has 49 heavy (non-hydrogen) atoms. The molecule has 4 rings (SSSR count). The predicted molar refractivity (Wildman–Crippen MR) is 190 cm³/mol. The number of nitrogens with zero attached hydrogens (tertiary/aromatic N) is 2. The zero-order chi connectivity index (χ0) is 35.2. The molecule has 10 nitrogen and oxygen atoms in total. The Morgan fingerprint density at radius 2 is 1.35 bits per heavy atom. The lowest BCUT2D eigenvalue weighted by atomic mass is 10.0. The van der Waals surface area contributed by atoms with E-state index in [1.54, 1.807) is 36.7 Å². The van der Waals surface area contributed by atoms with Gasteiger partial charge in [-0.15, -0.1) is 0 Å². The third-order valence-corrected chi connectivity index (χ3v) is 7.85. The molecular weight excluding hydrogens is 620 g/mol. The van der Waals surface area contributed by atoms with E-state index in [0.717, 1.165) is 41.0 Å². The largest absolute Gasteiger partial charge is 0.494 e. The van der Waals surface area contributed by atoms with Crippen molar-refractivity contribution >= 4 is 17.8 Å². The minimum atomic E-state index is -1.18. The summed E-state index contributed by atoms with van der Waals surface area (Å²) >= 11 is 0. The second kappa shape index (κ2) is 18.3. The fourth-order valence-corrected chi connectivity index (χ4v) is 5.07. The number of amides is 2. The number of hydrogen-bond acceptors (Lipinski definition) is 7. The van der Waals surface area contributed by atoms with Crippen LogP contribution in [0.15, 0.2) is 85.2 Å². The van der Waals surface area contributed by atoms with Gasteiger partial charge < -0.3 is 25.2 Å². The molecule has 1 aromatic heterocycles. The van der Waals surface area contributed by atoms with Gasteiger partial charge in [-0.1, -0.05) is 69.0 Å². The zero-order valence-electron chi connectivity index (χ0n) is 28.6. The third kappa shape index (κ3) is 11.4. The first-order valence-electron chi connectivity index (χ1n) is 16.9. The van der Waals surface area contributed by atoms with Gasteiger partial charge >= 0.3 is 5.97 Å². The topological polar surface area (TPSA) is 140 Å². The van der Waals surface area contributed by atoms with Crippen LogP contribution in [0.25, 0.3) is 22.5 Å². The molecule has 258 valence electrons. The number of aliphatic carboxylic acids is 1. The van der Waals surface area contributed by atoms with Crippen molar-refractivity contribution in [2.24, 2.45) is 0 Å². The third-order valence-electron chi connectivity index (χ3n) is 7.85.